The number of ketones is 1. The number of nitrogen functional groups attached to an aromatic ring is 1. The lowest BCUT2D eigenvalue weighted by Crippen LogP contribution is -2.37. The molecule has 6 N–H and O–H groups in total. The molecule has 4 rings (SSSR count). The molecule has 0 saturated carbocycles. The molecule has 16 heteroatoms. The van der Waals surface area contributed by atoms with Crippen LogP contribution in [0.3, 0.4) is 0 Å². The second-order valence-corrected chi connectivity index (χ2v) is 9.69. The van der Waals surface area contributed by atoms with Gasteiger partial charge in [-0.3, -0.25) is 18.3 Å². The van der Waals surface area contributed by atoms with Crippen LogP contribution in [0, 0.1) is 0 Å². The van der Waals surface area contributed by atoms with E-state index in [0.29, 0.717) is 11.2 Å². The van der Waals surface area contributed by atoms with Crippen LogP contribution < -0.4 is 10.5 Å². The Labute approximate surface area is 215 Å². The molecule has 202 valence electrons. The number of amides is 1. The summed E-state index contributed by atoms with van der Waals surface area (Å²) in [5.74, 6) is -2.84. The molecule has 3 heterocycles. The van der Waals surface area contributed by atoms with Gasteiger partial charge in [-0.15, -0.1) is 0 Å². The zero-order valence-corrected chi connectivity index (χ0v) is 20.3. The number of nitrogens with zero attached hydrogens (tertiary/aromatic N) is 3. The van der Waals surface area contributed by atoms with Crippen molar-refractivity contribution < 1.29 is 47.0 Å². The number of hydrogen-bond acceptors (Lipinski definition) is 12. The number of hydrogen-bond donors (Lipinski definition) is 5. The fourth-order valence-electron chi connectivity index (χ4n) is 3.81. The first-order valence-corrected chi connectivity index (χ1v) is 12.5. The number of nitrogens with one attached hydrogen (secondary N) is 1. The molecule has 2 aromatic heterocycles. The van der Waals surface area contributed by atoms with E-state index in [1.165, 1.54) is 41.4 Å². The Balaban J connectivity index is 1.31. The van der Waals surface area contributed by atoms with Crippen LogP contribution in [-0.2, 0) is 24.0 Å². The molecular formula is C22H23N5O10S. The first-order chi connectivity index (χ1) is 18.0. The fraction of sp³-hybridized carbons (Fsp3) is 0.318. The van der Waals surface area contributed by atoms with E-state index in [2.05, 4.69) is 9.97 Å². The van der Waals surface area contributed by atoms with Crippen molar-refractivity contribution in [1.82, 2.24) is 19.3 Å². The molecular weight excluding hydrogens is 526 g/mol. The van der Waals surface area contributed by atoms with Crippen LogP contribution in [-0.4, -0.2) is 80.9 Å². The van der Waals surface area contributed by atoms with Gasteiger partial charge in [0.2, 0.25) is 5.91 Å². The number of nitrogens with two attached hydrogens (primary N) is 1. The van der Waals surface area contributed by atoms with E-state index in [9.17, 15) is 33.0 Å². The van der Waals surface area contributed by atoms with Crippen molar-refractivity contribution in [3.05, 3.63) is 54.0 Å². The van der Waals surface area contributed by atoms with Crippen LogP contribution >= 0.6 is 0 Å². The predicted molar refractivity (Wildman–Crippen MR) is 128 cm³/mol. The summed E-state index contributed by atoms with van der Waals surface area (Å²) in [6, 6.07) is 6.72. The average Bonchev–Trinajstić information content (AvgIpc) is 3.43. The first kappa shape index (κ1) is 27.1. The van der Waals surface area contributed by atoms with E-state index in [4.69, 9.17) is 19.8 Å². The number of benzene rings is 1. The molecule has 3 aromatic rings. The number of aliphatic hydroxyl groups excluding tert-OH is 2. The van der Waals surface area contributed by atoms with Crippen molar-refractivity contribution in [3.63, 3.8) is 0 Å². The van der Waals surface area contributed by atoms with Crippen molar-refractivity contribution in [2.24, 2.45) is 0 Å². The maximum absolute atomic E-state index is 12.2. The molecule has 0 unspecified atom stereocenters. The Bertz CT molecular complexity index is 1490. The molecule has 1 aliphatic rings. The Morgan fingerprint density at radius 2 is 1.84 bits per heavy atom. The lowest BCUT2D eigenvalue weighted by atomic mass is 10.0. The number of carboxylic acids is 1. The van der Waals surface area contributed by atoms with Crippen molar-refractivity contribution in [1.29, 1.82) is 0 Å². The molecule has 0 bridgehead atoms. The summed E-state index contributed by atoms with van der Waals surface area (Å²) in [4.78, 5) is 43.6. The van der Waals surface area contributed by atoms with E-state index in [1.807, 2.05) is 0 Å². The highest BCUT2D eigenvalue weighted by Gasteiger charge is 2.45. The lowest BCUT2D eigenvalue weighted by Gasteiger charge is -2.16. The number of ether oxygens (including phenoxy) is 1. The normalized spacial score (nSPS) is 21.4. The van der Waals surface area contributed by atoms with E-state index in [0.717, 1.165) is 6.07 Å². The van der Waals surface area contributed by atoms with Gasteiger partial charge in [-0.25, -0.2) is 19.5 Å². The molecule has 1 saturated heterocycles. The van der Waals surface area contributed by atoms with Crippen LogP contribution in [0.5, 0.6) is 0 Å². The van der Waals surface area contributed by atoms with E-state index in [1.54, 1.807) is 4.72 Å². The predicted octanol–water partition coefficient (Wildman–Crippen LogP) is -0.628. The highest BCUT2D eigenvalue weighted by molar-refractivity contribution is 7.85. The molecule has 0 radical (unpaired) electrons. The number of imidazole rings is 1. The maximum atomic E-state index is 12.2. The van der Waals surface area contributed by atoms with Crippen molar-refractivity contribution in [2.75, 3.05) is 12.3 Å². The number of rotatable bonds is 10. The second-order valence-electron chi connectivity index (χ2n) is 8.34. The summed E-state index contributed by atoms with van der Waals surface area (Å²) in [5.41, 5.74) is 6.74. The summed E-state index contributed by atoms with van der Waals surface area (Å²) in [6.07, 6.45) is -3.72. The second kappa shape index (κ2) is 10.8. The lowest BCUT2D eigenvalue weighted by molar-refractivity contribution is -0.119. The third kappa shape index (κ3) is 5.79. The number of carbonyl (C=O) groups is 3. The van der Waals surface area contributed by atoms with Crippen molar-refractivity contribution >= 4 is 44.8 Å². The Morgan fingerprint density at radius 3 is 2.58 bits per heavy atom. The van der Waals surface area contributed by atoms with Crippen LogP contribution in [0.4, 0.5) is 5.69 Å². The molecule has 1 amide bonds. The highest BCUT2D eigenvalue weighted by atomic mass is 32.2. The monoisotopic (exact) mass is 549 g/mol. The van der Waals surface area contributed by atoms with Crippen LogP contribution in [0.2, 0.25) is 0 Å². The number of Topliss-reactive ketones (excluding diaryl/α,β-unsaturated/α-hetero) is 1. The van der Waals surface area contributed by atoms with E-state index in [-0.39, 0.29) is 23.2 Å². The quantitative estimate of drug-likeness (QED) is 0.198. The summed E-state index contributed by atoms with van der Waals surface area (Å²) in [5, 5.41) is 29.8. The van der Waals surface area contributed by atoms with Gasteiger partial charge in [0.05, 0.1) is 24.2 Å². The van der Waals surface area contributed by atoms with Gasteiger partial charge in [-0.2, -0.15) is 8.42 Å². The third-order valence-electron chi connectivity index (χ3n) is 5.74. The molecule has 1 fully saturated rings. The molecule has 0 aliphatic carbocycles. The number of fused-ring (bicyclic) bond motifs is 1. The van der Waals surface area contributed by atoms with Crippen LogP contribution in [0.15, 0.2) is 42.9 Å². The largest absolute Gasteiger partial charge is 0.478 e. The molecule has 0 spiro atoms. The topological polar surface area (TPSA) is 233 Å². The van der Waals surface area contributed by atoms with Crippen LogP contribution in [0.25, 0.3) is 11.2 Å². The smallest absolute Gasteiger partial charge is 0.362 e. The SMILES string of the molecule is Nc1ccnc2c1ncn2[C@@H]1O[C@H](COS(=O)(=O)NC(=O)CCC(=O)c2cccc(C(=O)O)c2)[C@@H](O)[C@H]1O. The molecule has 4 atom stereocenters. The Kier molecular flexibility index (Phi) is 7.70. The number of pyridine rings is 1. The summed E-state index contributed by atoms with van der Waals surface area (Å²) >= 11 is 0. The van der Waals surface area contributed by atoms with E-state index >= 15 is 0 Å². The summed E-state index contributed by atoms with van der Waals surface area (Å²) < 4.78 is 37.7. The molecule has 1 aromatic carbocycles. The minimum atomic E-state index is -4.66. The summed E-state index contributed by atoms with van der Waals surface area (Å²) in [7, 11) is -4.66. The fourth-order valence-corrected chi connectivity index (χ4v) is 4.56. The molecule has 38 heavy (non-hydrogen) atoms. The van der Waals surface area contributed by atoms with Gasteiger partial charge in [0, 0.05) is 24.6 Å². The van der Waals surface area contributed by atoms with Crippen molar-refractivity contribution in [3.8, 4) is 0 Å². The van der Waals surface area contributed by atoms with E-state index < -0.39 is 65.5 Å². The number of carboxylic acid groups (broad SMARTS) is 1. The zero-order chi connectivity index (χ0) is 27.6. The van der Waals surface area contributed by atoms with Gasteiger partial charge < -0.3 is 25.8 Å². The van der Waals surface area contributed by atoms with Crippen molar-refractivity contribution in [2.45, 2.75) is 37.4 Å². The highest BCUT2D eigenvalue weighted by Crippen LogP contribution is 2.32. The Hall–Kier alpha value is -3.96. The average molecular weight is 550 g/mol. The van der Waals surface area contributed by atoms with Gasteiger partial charge in [-0.05, 0) is 18.2 Å². The van der Waals surface area contributed by atoms with Gasteiger partial charge in [0.25, 0.3) is 0 Å². The van der Waals surface area contributed by atoms with Gasteiger partial charge in [-0.1, -0.05) is 12.1 Å². The van der Waals surface area contributed by atoms with Gasteiger partial charge in [0.15, 0.2) is 17.7 Å². The van der Waals surface area contributed by atoms with Gasteiger partial charge >= 0.3 is 16.3 Å². The Morgan fingerprint density at radius 1 is 1.11 bits per heavy atom. The number of aromatic nitrogens is 3. The third-order valence-corrected chi connectivity index (χ3v) is 6.66. The maximum Gasteiger partial charge on any atom is 0.362 e. The molecule has 15 nitrogen and oxygen atoms in total. The molecule has 1 aliphatic heterocycles. The number of anilines is 1. The number of aliphatic hydroxyl groups is 2. The standard InChI is InChI=1S/C22H23N5O10S/c23-13-6-7-24-20-17(13)25-10-27(20)21-19(31)18(30)15(37-21)9-36-38(34,35)26-16(29)5-4-14(28)11-2-1-3-12(8-11)22(32)33/h1-3,6-8,10,15,18-19,21,30-31H,4-5,9H2,(H2,23,24)(H,26,29)(H,32,33)/t15-,18-,19-,21-/m1/s1. The minimum absolute atomic E-state index is 0.0563. The van der Waals surface area contributed by atoms with Gasteiger partial charge in [0.1, 0.15) is 23.8 Å². The van der Waals surface area contributed by atoms with Crippen LogP contribution in [0.1, 0.15) is 39.8 Å². The summed E-state index contributed by atoms with van der Waals surface area (Å²) in [6.45, 7) is -0.750. The first-order valence-electron chi connectivity index (χ1n) is 11.1. The number of carbonyl (C=O) groups excluding carboxylic acids is 2. The number of aromatic carboxylic acids is 1. The minimum Gasteiger partial charge on any atom is -0.478 e. The zero-order valence-electron chi connectivity index (χ0n) is 19.5.